The third-order valence-electron chi connectivity index (χ3n) is 4.88. The van der Waals surface area contributed by atoms with Crippen molar-refractivity contribution in [2.45, 2.75) is 12.6 Å². The van der Waals surface area contributed by atoms with Crippen molar-refractivity contribution >= 4 is 22.8 Å². The maximum Gasteiger partial charge on any atom is 0.490 e. The number of aromatic nitrogens is 2. The number of benzene rings is 2. The number of carbonyl (C=O) groups is 2. The summed E-state index contributed by atoms with van der Waals surface area (Å²) in [6, 6.07) is 11.0. The first kappa shape index (κ1) is 27.3. The predicted octanol–water partition coefficient (Wildman–Crippen LogP) is 4.60. The molecule has 0 radical (unpaired) electrons. The summed E-state index contributed by atoms with van der Waals surface area (Å²) >= 11 is 0. The lowest BCUT2D eigenvalue weighted by atomic mass is 10.1. The number of oxazole rings is 1. The number of nitrogens with one attached hydrogen (secondary N) is 1. The molecule has 196 valence electrons. The van der Waals surface area contributed by atoms with Gasteiger partial charge in [-0.1, -0.05) is 5.16 Å². The molecule has 2 heterocycles. The summed E-state index contributed by atoms with van der Waals surface area (Å²) in [6.07, 6.45) is -2.76. The average Bonchev–Trinajstić information content (AvgIpc) is 3.48. The van der Waals surface area contributed by atoms with Crippen LogP contribution in [0, 0.1) is 5.82 Å². The molecule has 0 aliphatic heterocycles. The largest absolute Gasteiger partial charge is 0.490 e. The van der Waals surface area contributed by atoms with Crippen molar-refractivity contribution in [2.75, 3.05) is 27.2 Å². The maximum atomic E-state index is 13.1. The second kappa shape index (κ2) is 11.6. The summed E-state index contributed by atoms with van der Waals surface area (Å²) in [5.74, 6) is -2.90. The van der Waals surface area contributed by atoms with Crippen LogP contribution in [0.25, 0.3) is 33.8 Å². The van der Waals surface area contributed by atoms with Gasteiger partial charge in [-0.05, 0) is 69.5 Å². The highest BCUT2D eigenvalue weighted by Gasteiger charge is 2.38. The second-order valence-corrected chi connectivity index (χ2v) is 8.00. The number of rotatable bonds is 7. The van der Waals surface area contributed by atoms with Crippen molar-refractivity contribution in [2.24, 2.45) is 0 Å². The molecule has 2 N–H and O–H groups in total. The Morgan fingerprint density at radius 3 is 2.41 bits per heavy atom. The lowest BCUT2D eigenvalue weighted by Gasteiger charge is -2.09. The molecule has 0 fully saturated rings. The van der Waals surface area contributed by atoms with E-state index in [1.807, 2.05) is 14.1 Å². The Kier molecular flexibility index (Phi) is 8.60. The van der Waals surface area contributed by atoms with Crippen LogP contribution in [0.5, 0.6) is 0 Å². The average molecular weight is 522 g/mol. The molecule has 4 aromatic rings. The van der Waals surface area contributed by atoms with Crippen LogP contribution in [-0.2, 0) is 4.79 Å². The normalized spacial score (nSPS) is 11.3. The number of amides is 1. The molecule has 2 aromatic carbocycles. The Labute approximate surface area is 207 Å². The molecule has 0 spiro atoms. The van der Waals surface area contributed by atoms with Gasteiger partial charge in [-0.2, -0.15) is 13.2 Å². The molecule has 2 aromatic heterocycles. The third-order valence-corrected chi connectivity index (χ3v) is 4.88. The molecule has 0 aliphatic rings. The highest BCUT2D eigenvalue weighted by molar-refractivity contribution is 6.00. The van der Waals surface area contributed by atoms with Gasteiger partial charge in [0.15, 0.2) is 5.58 Å². The Bertz CT molecular complexity index is 1360. The molecule has 0 atom stereocenters. The fourth-order valence-electron chi connectivity index (χ4n) is 3.07. The van der Waals surface area contributed by atoms with E-state index >= 15 is 0 Å². The van der Waals surface area contributed by atoms with E-state index in [2.05, 4.69) is 20.4 Å². The van der Waals surface area contributed by atoms with Gasteiger partial charge in [0, 0.05) is 17.7 Å². The SMILES string of the molecule is CN(C)CCCNC(=O)c1ccc2onc(-c3coc(-c4ccc(F)cc4)n3)c2c1.O=C(O)C(F)(F)F. The molecule has 0 saturated heterocycles. The summed E-state index contributed by atoms with van der Waals surface area (Å²) < 4.78 is 55.8. The van der Waals surface area contributed by atoms with Crippen LogP contribution in [0.15, 0.2) is 57.7 Å². The Hall–Kier alpha value is -4.26. The van der Waals surface area contributed by atoms with Crippen LogP contribution >= 0.6 is 0 Å². The van der Waals surface area contributed by atoms with Crippen LogP contribution in [0.1, 0.15) is 16.8 Å². The number of carbonyl (C=O) groups excluding carboxylic acids is 1. The number of hydrogen-bond donors (Lipinski definition) is 2. The zero-order chi connectivity index (χ0) is 27.2. The van der Waals surface area contributed by atoms with Crippen LogP contribution < -0.4 is 5.32 Å². The summed E-state index contributed by atoms with van der Waals surface area (Å²) in [4.78, 5) is 27.9. The molecule has 0 aliphatic carbocycles. The molecule has 1 amide bonds. The highest BCUT2D eigenvalue weighted by Crippen LogP contribution is 2.30. The Morgan fingerprint density at radius 1 is 1.11 bits per heavy atom. The van der Waals surface area contributed by atoms with E-state index in [1.54, 1.807) is 30.3 Å². The molecule has 0 saturated carbocycles. The minimum absolute atomic E-state index is 0.157. The van der Waals surface area contributed by atoms with Crippen molar-refractivity contribution in [3.63, 3.8) is 0 Å². The van der Waals surface area contributed by atoms with Gasteiger partial charge in [0.1, 0.15) is 23.5 Å². The number of halogens is 4. The molecule has 4 rings (SSSR count). The van der Waals surface area contributed by atoms with Gasteiger partial charge in [0.25, 0.3) is 5.91 Å². The fraction of sp³-hybridized carbons (Fsp3) is 0.250. The van der Waals surface area contributed by atoms with Gasteiger partial charge < -0.3 is 24.3 Å². The number of hydrogen-bond acceptors (Lipinski definition) is 7. The van der Waals surface area contributed by atoms with E-state index in [0.29, 0.717) is 45.9 Å². The van der Waals surface area contributed by atoms with Crippen LogP contribution in [-0.4, -0.2) is 65.4 Å². The lowest BCUT2D eigenvalue weighted by Crippen LogP contribution is -2.27. The zero-order valence-corrected chi connectivity index (χ0v) is 19.7. The number of carboxylic acid groups (broad SMARTS) is 1. The van der Waals surface area contributed by atoms with Crippen molar-refractivity contribution in [3.8, 4) is 22.8 Å². The number of fused-ring (bicyclic) bond motifs is 1. The highest BCUT2D eigenvalue weighted by atomic mass is 19.4. The molecular weight excluding hydrogens is 500 g/mol. The Morgan fingerprint density at radius 2 is 1.78 bits per heavy atom. The second-order valence-electron chi connectivity index (χ2n) is 8.00. The van der Waals surface area contributed by atoms with E-state index in [4.69, 9.17) is 18.8 Å². The van der Waals surface area contributed by atoms with Crippen LogP contribution in [0.3, 0.4) is 0 Å². The lowest BCUT2D eigenvalue weighted by molar-refractivity contribution is -0.192. The topological polar surface area (TPSA) is 122 Å². The van der Waals surface area contributed by atoms with Gasteiger partial charge >= 0.3 is 12.1 Å². The molecule has 13 heteroatoms. The van der Waals surface area contributed by atoms with Crippen molar-refractivity contribution in [1.82, 2.24) is 20.4 Å². The number of alkyl halides is 3. The van der Waals surface area contributed by atoms with Crippen LogP contribution in [0.4, 0.5) is 17.6 Å². The van der Waals surface area contributed by atoms with E-state index in [-0.39, 0.29) is 11.7 Å². The van der Waals surface area contributed by atoms with Crippen molar-refractivity contribution < 1.29 is 41.2 Å². The van der Waals surface area contributed by atoms with E-state index in [1.165, 1.54) is 18.4 Å². The van der Waals surface area contributed by atoms with E-state index < -0.39 is 12.1 Å². The zero-order valence-electron chi connectivity index (χ0n) is 19.7. The first-order valence-electron chi connectivity index (χ1n) is 10.8. The Balaban J connectivity index is 0.000000479. The number of aliphatic carboxylic acids is 1. The summed E-state index contributed by atoms with van der Waals surface area (Å²) in [6.45, 7) is 1.49. The number of carboxylic acids is 1. The van der Waals surface area contributed by atoms with Gasteiger partial charge in [0.2, 0.25) is 5.89 Å². The molecule has 0 bridgehead atoms. The monoisotopic (exact) mass is 522 g/mol. The fourth-order valence-corrected chi connectivity index (χ4v) is 3.07. The van der Waals surface area contributed by atoms with Gasteiger partial charge in [-0.25, -0.2) is 14.2 Å². The first-order chi connectivity index (χ1) is 17.5. The first-order valence-corrected chi connectivity index (χ1v) is 10.8. The quantitative estimate of drug-likeness (QED) is 0.267. The molecular formula is C24H22F4N4O5. The van der Waals surface area contributed by atoms with Gasteiger partial charge in [0.05, 0.1) is 5.39 Å². The van der Waals surface area contributed by atoms with Crippen molar-refractivity contribution in [3.05, 3.63) is 60.1 Å². The van der Waals surface area contributed by atoms with E-state index in [0.717, 1.165) is 13.0 Å². The third kappa shape index (κ3) is 7.36. The summed E-state index contributed by atoms with van der Waals surface area (Å²) in [7, 11) is 3.99. The maximum absolute atomic E-state index is 13.1. The predicted molar refractivity (Wildman–Crippen MR) is 124 cm³/mol. The van der Waals surface area contributed by atoms with E-state index in [9.17, 15) is 22.4 Å². The molecule has 0 unspecified atom stereocenters. The number of nitrogens with zero attached hydrogens (tertiary/aromatic N) is 3. The summed E-state index contributed by atoms with van der Waals surface area (Å²) in [5.41, 5.74) is 2.65. The van der Waals surface area contributed by atoms with Crippen LogP contribution in [0.2, 0.25) is 0 Å². The standard InChI is InChI=1S/C22H21FN4O3.C2HF3O2/c1-27(2)11-3-10-24-21(28)15-6-9-19-17(12-15)20(26-30-19)18-13-29-22(25-18)14-4-7-16(23)8-5-14;3-2(4,5)1(6)7/h4-9,12-13H,3,10-11H2,1-2H3,(H,24,28);(H,6,7). The molecule has 9 nitrogen and oxygen atoms in total. The minimum Gasteiger partial charge on any atom is -0.475 e. The van der Waals surface area contributed by atoms with Gasteiger partial charge in [-0.3, -0.25) is 4.79 Å². The smallest absolute Gasteiger partial charge is 0.475 e. The van der Waals surface area contributed by atoms with Gasteiger partial charge in [-0.15, -0.1) is 0 Å². The van der Waals surface area contributed by atoms with Crippen molar-refractivity contribution in [1.29, 1.82) is 0 Å². The summed E-state index contributed by atoms with van der Waals surface area (Å²) in [5, 5.41) is 14.8. The molecule has 37 heavy (non-hydrogen) atoms. The minimum atomic E-state index is -5.08.